The maximum absolute atomic E-state index is 12.4. The smallest absolute Gasteiger partial charge is 0.272 e. The molecule has 1 unspecified atom stereocenters. The van der Waals surface area contributed by atoms with E-state index in [1.807, 2.05) is 36.0 Å². The number of nitrogens with one attached hydrogen (secondary N) is 2. The predicted octanol–water partition coefficient (Wildman–Crippen LogP) is 2.14. The van der Waals surface area contributed by atoms with Crippen LogP contribution >= 0.6 is 0 Å². The number of nitrogens with zero attached hydrogens (tertiary/aromatic N) is 2. The largest absolute Gasteiger partial charge is 0.493 e. The number of carbonyl (C=O) groups excluding carboxylic acids is 1. The Bertz CT molecular complexity index is 738. The minimum absolute atomic E-state index is 0.179. The molecule has 1 amide bonds. The van der Waals surface area contributed by atoms with Crippen molar-refractivity contribution < 1.29 is 14.3 Å². The first-order chi connectivity index (χ1) is 12.7. The molecule has 3 rings (SSSR count). The van der Waals surface area contributed by atoms with Gasteiger partial charge in [-0.2, -0.15) is 5.10 Å². The molecule has 1 aromatic heterocycles. The summed E-state index contributed by atoms with van der Waals surface area (Å²) in [7, 11) is 1.61. The topological polar surface area (TPSA) is 77.4 Å². The molecule has 1 atom stereocenters. The minimum atomic E-state index is -0.179. The molecular formula is C19H26N4O3. The minimum Gasteiger partial charge on any atom is -0.493 e. The third-order valence-electron chi connectivity index (χ3n) is 4.47. The number of carbonyl (C=O) groups is 1. The van der Waals surface area contributed by atoms with Crippen LogP contribution in [0.25, 0.3) is 0 Å². The van der Waals surface area contributed by atoms with Gasteiger partial charge in [0.05, 0.1) is 19.8 Å². The van der Waals surface area contributed by atoms with Gasteiger partial charge in [0.2, 0.25) is 0 Å². The quantitative estimate of drug-likeness (QED) is 0.793. The average Bonchev–Trinajstić information content (AvgIpc) is 3.17. The molecule has 0 bridgehead atoms. The summed E-state index contributed by atoms with van der Waals surface area (Å²) in [4.78, 5) is 12.4. The highest BCUT2D eigenvalue weighted by molar-refractivity contribution is 5.92. The van der Waals surface area contributed by atoms with Gasteiger partial charge in [-0.1, -0.05) is 6.07 Å². The Morgan fingerprint density at radius 3 is 3.00 bits per heavy atom. The van der Waals surface area contributed by atoms with E-state index >= 15 is 0 Å². The van der Waals surface area contributed by atoms with Gasteiger partial charge in [0, 0.05) is 19.3 Å². The van der Waals surface area contributed by atoms with Crippen LogP contribution in [0.15, 0.2) is 30.5 Å². The van der Waals surface area contributed by atoms with Crippen molar-refractivity contribution in [2.24, 2.45) is 0 Å². The van der Waals surface area contributed by atoms with Crippen molar-refractivity contribution in [1.29, 1.82) is 0 Å². The first-order valence-electron chi connectivity index (χ1n) is 9.05. The highest BCUT2D eigenvalue weighted by Crippen LogP contribution is 2.28. The van der Waals surface area contributed by atoms with Gasteiger partial charge in [0.1, 0.15) is 5.69 Å². The van der Waals surface area contributed by atoms with Gasteiger partial charge in [0.15, 0.2) is 11.5 Å². The number of methoxy groups -OCH3 is 1. The van der Waals surface area contributed by atoms with E-state index < -0.39 is 0 Å². The Morgan fingerprint density at radius 2 is 2.27 bits per heavy atom. The van der Waals surface area contributed by atoms with Crippen molar-refractivity contribution >= 4 is 5.91 Å². The second-order valence-electron chi connectivity index (χ2n) is 6.28. The molecule has 1 saturated heterocycles. The van der Waals surface area contributed by atoms with Crippen LogP contribution in [0.3, 0.4) is 0 Å². The third-order valence-corrected chi connectivity index (χ3v) is 4.47. The molecule has 26 heavy (non-hydrogen) atoms. The van der Waals surface area contributed by atoms with Gasteiger partial charge in [-0.15, -0.1) is 0 Å². The molecule has 7 nitrogen and oxygen atoms in total. The van der Waals surface area contributed by atoms with E-state index in [4.69, 9.17) is 9.47 Å². The molecule has 2 heterocycles. The fourth-order valence-electron chi connectivity index (χ4n) is 3.09. The maximum Gasteiger partial charge on any atom is 0.272 e. The molecule has 2 N–H and O–H groups in total. The Labute approximate surface area is 153 Å². The fourth-order valence-corrected chi connectivity index (χ4v) is 3.09. The van der Waals surface area contributed by atoms with E-state index in [0.29, 0.717) is 36.4 Å². The highest BCUT2D eigenvalue weighted by atomic mass is 16.5. The standard InChI is InChI=1S/C19H26N4O3/c1-3-26-18-11-14(6-7-17(18)25-2)12-21-19(24)16-8-10-23(22-16)15-5-4-9-20-13-15/h6-8,10-11,15,20H,3-5,9,12-13H2,1-2H3,(H,21,24). The van der Waals surface area contributed by atoms with Crippen LogP contribution in [0.1, 0.15) is 41.9 Å². The zero-order valence-corrected chi connectivity index (χ0v) is 15.3. The Morgan fingerprint density at radius 1 is 1.38 bits per heavy atom. The molecule has 1 aliphatic heterocycles. The number of amides is 1. The van der Waals surface area contributed by atoms with Gasteiger partial charge in [-0.05, 0) is 50.1 Å². The summed E-state index contributed by atoms with van der Waals surface area (Å²) in [5, 5.41) is 10.7. The Balaban J connectivity index is 1.60. The summed E-state index contributed by atoms with van der Waals surface area (Å²) in [6.45, 7) is 4.83. The molecular weight excluding hydrogens is 332 g/mol. The summed E-state index contributed by atoms with van der Waals surface area (Å²) in [5.41, 5.74) is 1.38. The lowest BCUT2D eigenvalue weighted by molar-refractivity contribution is 0.0944. The molecule has 1 aliphatic rings. The third kappa shape index (κ3) is 4.35. The van der Waals surface area contributed by atoms with Crippen molar-refractivity contribution in [2.75, 3.05) is 26.8 Å². The van der Waals surface area contributed by atoms with Crippen LogP contribution < -0.4 is 20.1 Å². The average molecular weight is 358 g/mol. The van der Waals surface area contributed by atoms with Crippen molar-refractivity contribution in [3.63, 3.8) is 0 Å². The van der Waals surface area contributed by atoms with E-state index in [2.05, 4.69) is 15.7 Å². The van der Waals surface area contributed by atoms with E-state index in [-0.39, 0.29) is 5.91 Å². The summed E-state index contributed by atoms with van der Waals surface area (Å²) in [6.07, 6.45) is 4.10. The van der Waals surface area contributed by atoms with Crippen molar-refractivity contribution in [3.8, 4) is 11.5 Å². The number of ether oxygens (including phenoxy) is 2. The molecule has 7 heteroatoms. The monoisotopic (exact) mass is 358 g/mol. The molecule has 0 aliphatic carbocycles. The number of benzene rings is 1. The number of hydrogen-bond donors (Lipinski definition) is 2. The van der Waals surface area contributed by atoms with E-state index in [1.54, 1.807) is 13.2 Å². The lowest BCUT2D eigenvalue weighted by Crippen LogP contribution is -2.32. The van der Waals surface area contributed by atoms with Gasteiger partial charge in [0.25, 0.3) is 5.91 Å². The van der Waals surface area contributed by atoms with Crippen molar-refractivity contribution in [1.82, 2.24) is 20.4 Å². The lowest BCUT2D eigenvalue weighted by atomic mass is 10.1. The van der Waals surface area contributed by atoms with Crippen LogP contribution in [-0.4, -0.2) is 42.5 Å². The molecule has 1 fully saturated rings. The van der Waals surface area contributed by atoms with Crippen LogP contribution in [0.5, 0.6) is 11.5 Å². The summed E-state index contributed by atoms with van der Waals surface area (Å²) >= 11 is 0. The van der Waals surface area contributed by atoms with Gasteiger partial charge in [-0.3, -0.25) is 9.48 Å². The molecule has 0 radical (unpaired) electrons. The molecule has 2 aromatic rings. The number of piperidine rings is 1. The van der Waals surface area contributed by atoms with Crippen LogP contribution in [-0.2, 0) is 6.54 Å². The first kappa shape index (κ1) is 18.3. The van der Waals surface area contributed by atoms with Gasteiger partial charge < -0.3 is 20.1 Å². The van der Waals surface area contributed by atoms with Crippen LogP contribution in [0.2, 0.25) is 0 Å². The Hall–Kier alpha value is -2.54. The molecule has 0 saturated carbocycles. The van der Waals surface area contributed by atoms with Crippen LogP contribution in [0, 0.1) is 0 Å². The highest BCUT2D eigenvalue weighted by Gasteiger charge is 2.17. The zero-order chi connectivity index (χ0) is 18.4. The van der Waals surface area contributed by atoms with E-state index in [0.717, 1.165) is 31.5 Å². The fraction of sp³-hybridized carbons (Fsp3) is 0.474. The number of aromatic nitrogens is 2. The Kier molecular flexibility index (Phi) is 6.12. The molecule has 0 spiro atoms. The van der Waals surface area contributed by atoms with E-state index in [9.17, 15) is 4.79 Å². The number of rotatable bonds is 7. The summed E-state index contributed by atoms with van der Waals surface area (Å²) in [6, 6.07) is 7.73. The molecule has 1 aromatic carbocycles. The SMILES string of the molecule is CCOc1cc(CNC(=O)c2ccn(C3CCCNC3)n2)ccc1OC. The van der Waals surface area contributed by atoms with Gasteiger partial charge in [-0.25, -0.2) is 0 Å². The predicted molar refractivity (Wildman–Crippen MR) is 98.7 cm³/mol. The van der Waals surface area contributed by atoms with Crippen molar-refractivity contribution in [3.05, 3.63) is 41.7 Å². The second-order valence-corrected chi connectivity index (χ2v) is 6.28. The lowest BCUT2D eigenvalue weighted by Gasteiger charge is -2.22. The second kappa shape index (κ2) is 8.71. The van der Waals surface area contributed by atoms with Crippen molar-refractivity contribution in [2.45, 2.75) is 32.4 Å². The molecule has 140 valence electrons. The summed E-state index contributed by atoms with van der Waals surface area (Å²) < 4.78 is 12.7. The van der Waals surface area contributed by atoms with Gasteiger partial charge >= 0.3 is 0 Å². The van der Waals surface area contributed by atoms with Crippen LogP contribution in [0.4, 0.5) is 0 Å². The zero-order valence-electron chi connectivity index (χ0n) is 15.3. The maximum atomic E-state index is 12.4. The normalized spacial score (nSPS) is 16.9. The van der Waals surface area contributed by atoms with E-state index in [1.165, 1.54) is 0 Å². The first-order valence-corrected chi connectivity index (χ1v) is 9.05. The summed E-state index contributed by atoms with van der Waals surface area (Å²) in [5.74, 6) is 1.18. The number of hydrogen-bond acceptors (Lipinski definition) is 5.